The Morgan fingerprint density at radius 2 is 1.63 bits per heavy atom. The molecule has 0 aliphatic carbocycles. The van der Waals surface area contributed by atoms with Crippen LogP contribution in [0.15, 0.2) is 42.5 Å². The van der Waals surface area contributed by atoms with Crippen LogP contribution in [-0.4, -0.2) is 76.8 Å². The number of para-hydroxylation sites is 1. The Hall–Kier alpha value is -2.93. The maximum Gasteiger partial charge on any atom is 0.236 e. The number of amides is 1. The molecule has 0 atom stereocenters. The van der Waals surface area contributed by atoms with Gasteiger partial charge in [0.2, 0.25) is 5.91 Å². The van der Waals surface area contributed by atoms with Crippen molar-refractivity contribution in [3.63, 3.8) is 0 Å². The fraction of sp³-hybridized carbons (Fsp3) is 0.435. The first-order chi connectivity index (χ1) is 14.5. The lowest BCUT2D eigenvalue weighted by atomic mass is 10.1. The molecule has 1 heterocycles. The molecule has 2 aromatic carbocycles. The smallest absolute Gasteiger partial charge is 0.236 e. The van der Waals surface area contributed by atoms with Gasteiger partial charge in [-0.2, -0.15) is 0 Å². The van der Waals surface area contributed by atoms with Crippen LogP contribution in [0.2, 0.25) is 0 Å². The van der Waals surface area contributed by atoms with E-state index in [1.807, 2.05) is 47.2 Å². The number of anilines is 1. The number of carbonyl (C=O) groups is 1. The fourth-order valence-electron chi connectivity index (χ4n) is 3.76. The van der Waals surface area contributed by atoms with Crippen molar-refractivity contribution in [2.24, 2.45) is 0 Å². The highest BCUT2D eigenvalue weighted by Crippen LogP contribution is 2.31. The van der Waals surface area contributed by atoms with Gasteiger partial charge in [-0.15, -0.1) is 0 Å². The number of carbonyl (C=O) groups excluding carboxylic acids is 1. The van der Waals surface area contributed by atoms with Gasteiger partial charge in [-0.3, -0.25) is 9.69 Å². The van der Waals surface area contributed by atoms with Crippen LogP contribution in [-0.2, 0) is 11.3 Å². The molecule has 1 aliphatic rings. The summed E-state index contributed by atoms with van der Waals surface area (Å²) < 4.78 is 16.1. The number of hydrogen-bond acceptors (Lipinski definition) is 6. The van der Waals surface area contributed by atoms with Gasteiger partial charge < -0.3 is 24.0 Å². The number of benzene rings is 2. The highest BCUT2D eigenvalue weighted by atomic mass is 16.5. The number of hydrogen-bond donors (Lipinski definition) is 0. The van der Waals surface area contributed by atoms with Crippen molar-refractivity contribution in [2.45, 2.75) is 6.54 Å². The van der Waals surface area contributed by atoms with E-state index in [4.69, 9.17) is 14.2 Å². The Kier molecular flexibility index (Phi) is 7.41. The zero-order valence-electron chi connectivity index (χ0n) is 18.3. The summed E-state index contributed by atoms with van der Waals surface area (Å²) in [7, 11) is 6.88. The molecule has 0 radical (unpaired) electrons. The zero-order chi connectivity index (χ0) is 21.5. The molecule has 1 aliphatic heterocycles. The second kappa shape index (κ2) is 10.2. The van der Waals surface area contributed by atoms with Crippen LogP contribution in [0.4, 0.5) is 5.69 Å². The summed E-state index contributed by atoms with van der Waals surface area (Å²) in [5, 5.41) is 0. The number of likely N-dealkylation sites (N-methyl/N-ethyl adjacent to an activating group) is 1. The number of methoxy groups -OCH3 is 3. The molecule has 7 heteroatoms. The summed E-state index contributed by atoms with van der Waals surface area (Å²) in [6.45, 7) is 4.07. The monoisotopic (exact) mass is 413 g/mol. The van der Waals surface area contributed by atoms with E-state index in [2.05, 4.69) is 17.0 Å². The minimum atomic E-state index is 0.147. The standard InChI is InChI=1S/C23H31N3O4/c1-24(16-18-6-5-7-21(29-3)23(18)30-4)17-22(27)26-14-12-25(13-15-26)19-8-10-20(28-2)11-9-19/h5-11H,12-17H2,1-4H3. The summed E-state index contributed by atoms with van der Waals surface area (Å²) in [6, 6.07) is 13.9. The Bertz CT molecular complexity index is 833. The van der Waals surface area contributed by atoms with E-state index in [9.17, 15) is 4.79 Å². The maximum absolute atomic E-state index is 12.8. The third-order valence-electron chi connectivity index (χ3n) is 5.40. The first kappa shape index (κ1) is 21.8. The Morgan fingerprint density at radius 3 is 2.23 bits per heavy atom. The molecule has 30 heavy (non-hydrogen) atoms. The van der Waals surface area contributed by atoms with Crippen LogP contribution in [0.25, 0.3) is 0 Å². The molecular weight excluding hydrogens is 382 g/mol. The minimum Gasteiger partial charge on any atom is -0.497 e. The largest absolute Gasteiger partial charge is 0.497 e. The van der Waals surface area contributed by atoms with E-state index in [1.54, 1.807) is 21.3 Å². The minimum absolute atomic E-state index is 0.147. The van der Waals surface area contributed by atoms with Gasteiger partial charge in [0.05, 0.1) is 27.9 Å². The predicted molar refractivity (Wildman–Crippen MR) is 118 cm³/mol. The average molecular weight is 414 g/mol. The molecule has 7 nitrogen and oxygen atoms in total. The molecule has 2 aromatic rings. The summed E-state index contributed by atoms with van der Waals surface area (Å²) >= 11 is 0. The predicted octanol–water partition coefficient (Wildman–Crippen LogP) is 2.49. The van der Waals surface area contributed by atoms with Gasteiger partial charge >= 0.3 is 0 Å². The summed E-state index contributed by atoms with van der Waals surface area (Å²) in [4.78, 5) is 19.0. The van der Waals surface area contributed by atoms with Gasteiger partial charge in [0, 0.05) is 44.0 Å². The summed E-state index contributed by atoms with van der Waals surface area (Å²) in [5.74, 6) is 2.41. The first-order valence-corrected chi connectivity index (χ1v) is 10.1. The molecule has 1 amide bonds. The molecule has 0 bridgehead atoms. The van der Waals surface area contributed by atoms with Crippen LogP contribution in [0.5, 0.6) is 17.2 Å². The SMILES string of the molecule is COc1ccc(N2CCN(C(=O)CN(C)Cc3cccc(OC)c3OC)CC2)cc1. The van der Waals surface area contributed by atoms with E-state index < -0.39 is 0 Å². The number of rotatable bonds is 8. The van der Waals surface area contributed by atoms with Crippen molar-refractivity contribution in [3.05, 3.63) is 48.0 Å². The number of piperazine rings is 1. The molecule has 0 unspecified atom stereocenters. The molecule has 0 N–H and O–H groups in total. The van der Waals surface area contributed by atoms with E-state index in [1.165, 1.54) is 0 Å². The van der Waals surface area contributed by atoms with Gasteiger partial charge in [0.25, 0.3) is 0 Å². The molecule has 3 rings (SSSR count). The third-order valence-corrected chi connectivity index (χ3v) is 5.40. The van der Waals surface area contributed by atoms with E-state index in [0.717, 1.165) is 43.2 Å². The fourth-order valence-corrected chi connectivity index (χ4v) is 3.76. The second-order valence-electron chi connectivity index (χ2n) is 7.39. The maximum atomic E-state index is 12.8. The van der Waals surface area contributed by atoms with Crippen molar-refractivity contribution in [3.8, 4) is 17.2 Å². The Balaban J connectivity index is 1.52. The normalized spacial score (nSPS) is 14.0. The van der Waals surface area contributed by atoms with Crippen molar-refractivity contribution < 1.29 is 19.0 Å². The average Bonchev–Trinajstić information content (AvgIpc) is 2.79. The lowest BCUT2D eigenvalue weighted by Crippen LogP contribution is -2.51. The van der Waals surface area contributed by atoms with Crippen molar-refractivity contribution in [1.29, 1.82) is 0 Å². The van der Waals surface area contributed by atoms with Gasteiger partial charge in [0.1, 0.15) is 5.75 Å². The van der Waals surface area contributed by atoms with Crippen molar-refractivity contribution >= 4 is 11.6 Å². The van der Waals surface area contributed by atoms with Crippen LogP contribution >= 0.6 is 0 Å². The molecule has 162 valence electrons. The van der Waals surface area contributed by atoms with Crippen molar-refractivity contribution in [2.75, 3.05) is 66.0 Å². The second-order valence-corrected chi connectivity index (χ2v) is 7.39. The van der Waals surface area contributed by atoms with Crippen molar-refractivity contribution in [1.82, 2.24) is 9.80 Å². The highest BCUT2D eigenvalue weighted by Gasteiger charge is 2.22. The summed E-state index contributed by atoms with van der Waals surface area (Å²) in [5.41, 5.74) is 2.15. The molecule has 0 aromatic heterocycles. The van der Waals surface area contributed by atoms with E-state index in [0.29, 0.717) is 24.6 Å². The Labute approximate surface area is 178 Å². The zero-order valence-corrected chi connectivity index (χ0v) is 18.3. The third kappa shape index (κ3) is 5.16. The molecule has 0 spiro atoms. The number of nitrogens with zero attached hydrogens (tertiary/aromatic N) is 3. The van der Waals surface area contributed by atoms with Crippen LogP contribution in [0.3, 0.4) is 0 Å². The Morgan fingerprint density at radius 1 is 0.933 bits per heavy atom. The quantitative estimate of drug-likeness (QED) is 0.663. The lowest BCUT2D eigenvalue weighted by Gasteiger charge is -2.36. The van der Waals surface area contributed by atoms with Crippen LogP contribution < -0.4 is 19.1 Å². The first-order valence-electron chi connectivity index (χ1n) is 10.1. The van der Waals surface area contributed by atoms with Gasteiger partial charge in [-0.1, -0.05) is 12.1 Å². The lowest BCUT2D eigenvalue weighted by molar-refractivity contribution is -0.132. The number of ether oxygens (including phenoxy) is 3. The van der Waals surface area contributed by atoms with Gasteiger partial charge in [-0.25, -0.2) is 0 Å². The summed E-state index contributed by atoms with van der Waals surface area (Å²) in [6.07, 6.45) is 0. The molecule has 0 saturated carbocycles. The molecule has 1 saturated heterocycles. The van der Waals surface area contributed by atoms with Gasteiger partial charge in [-0.05, 0) is 37.4 Å². The van der Waals surface area contributed by atoms with Crippen LogP contribution in [0.1, 0.15) is 5.56 Å². The van der Waals surface area contributed by atoms with Gasteiger partial charge in [0.15, 0.2) is 11.5 Å². The molecule has 1 fully saturated rings. The van der Waals surface area contributed by atoms with E-state index in [-0.39, 0.29) is 5.91 Å². The van der Waals surface area contributed by atoms with Crippen LogP contribution in [0, 0.1) is 0 Å². The van der Waals surface area contributed by atoms with E-state index >= 15 is 0 Å². The topological polar surface area (TPSA) is 54.5 Å². The highest BCUT2D eigenvalue weighted by molar-refractivity contribution is 5.78. The molecular formula is C23H31N3O4.